The molecule has 0 aliphatic carbocycles. The average molecular weight is 1310 g/mol. The Bertz CT molecular complexity index is 2130. The molecule has 0 bridgehead atoms. The third-order valence-corrected chi connectivity index (χ3v) is 16.5. The number of alkyl halides is 39. The van der Waals surface area contributed by atoms with Crippen LogP contribution in [0.2, 0.25) is 18.1 Å². The van der Waals surface area contributed by atoms with E-state index in [9.17, 15) is 154 Å². The highest BCUT2D eigenvalue weighted by atomic mass is 28.3. The molecule has 0 heterocycles. The zero-order valence-corrected chi connectivity index (χ0v) is 39.0. The maximum Gasteiger partial charge on any atom is 0.460 e. The summed E-state index contributed by atoms with van der Waals surface area (Å²) >= 11 is 0. The zero-order chi connectivity index (χ0) is 65.1. The Hall–Kier alpha value is -4.55. The summed E-state index contributed by atoms with van der Waals surface area (Å²) in [6.45, 7) is -1.67. The molecule has 0 saturated heterocycles. The number of benzene rings is 1. The quantitative estimate of drug-likeness (QED) is 0.0542. The van der Waals surface area contributed by atoms with Gasteiger partial charge in [0.05, 0.1) is 14.7 Å². The van der Waals surface area contributed by atoms with Crippen molar-refractivity contribution in [1.29, 1.82) is 0 Å². The van der Waals surface area contributed by atoms with Gasteiger partial charge in [0.25, 0.3) is 0 Å². The maximum absolute atomic E-state index is 15.3. The van der Waals surface area contributed by atoms with E-state index in [1.165, 1.54) is 6.92 Å². The molecule has 0 aliphatic heterocycles. The summed E-state index contributed by atoms with van der Waals surface area (Å²) < 4.78 is 555. The van der Waals surface area contributed by atoms with E-state index >= 15 is 26.3 Å². The second kappa shape index (κ2) is 22.1. The fraction of sp³-hybridized carbons (Fsp3) is 0.778. The predicted molar refractivity (Wildman–Crippen MR) is 187 cm³/mol. The smallest absolute Gasteiger partial charge is 0.460 e. The third-order valence-electron chi connectivity index (χ3n) is 11.4. The molecule has 81 heavy (non-hydrogen) atoms. The van der Waals surface area contributed by atoms with Crippen LogP contribution >= 0.6 is 0 Å². The van der Waals surface area contributed by atoms with Gasteiger partial charge in [-0.1, -0.05) is 29.5 Å². The van der Waals surface area contributed by atoms with Crippen LogP contribution in [-0.4, -0.2) is 141 Å². The van der Waals surface area contributed by atoms with Gasteiger partial charge in [-0.3, -0.25) is 4.79 Å². The summed E-state index contributed by atoms with van der Waals surface area (Å²) in [4.78, 5) is 23.3. The molecule has 0 aliphatic rings. The van der Waals surface area contributed by atoms with Crippen LogP contribution in [-0.2, 0) is 20.9 Å². The van der Waals surface area contributed by atoms with Crippen LogP contribution in [0.15, 0.2) is 24.3 Å². The number of amides is 1. The molecule has 0 atom stereocenters. The van der Waals surface area contributed by atoms with Crippen molar-refractivity contribution < 1.29 is 190 Å². The van der Waals surface area contributed by atoms with Crippen LogP contribution in [0.3, 0.4) is 0 Å². The summed E-state index contributed by atoms with van der Waals surface area (Å²) in [5.41, 5.74) is -0.897. The maximum atomic E-state index is 15.3. The molecular weight excluding hydrogens is 1280 g/mol. The Balaban J connectivity index is 4.60. The summed E-state index contributed by atoms with van der Waals surface area (Å²) in [6.07, 6.45) is -38.8. The van der Waals surface area contributed by atoms with Crippen LogP contribution in [0, 0.1) is 0 Å². The van der Waals surface area contributed by atoms with E-state index in [-0.39, 0.29) is 30.9 Å². The molecule has 1 aromatic rings. The predicted octanol–water partition coefficient (Wildman–Crippen LogP) is 15.5. The number of halogens is 39. The highest BCUT2D eigenvalue weighted by Gasteiger charge is 2.93. The number of hydrogen-bond acceptors (Lipinski definition) is 4. The monoisotopic (exact) mass is 1310 g/mol. The molecule has 1 aromatic carbocycles. The van der Waals surface area contributed by atoms with Crippen molar-refractivity contribution in [2.45, 2.75) is 158 Å². The minimum absolute atomic E-state index is 0.00226. The molecule has 0 fully saturated rings. The molecule has 1 N–H and O–H groups in total. The summed E-state index contributed by atoms with van der Waals surface area (Å²) in [5, 5.41) is -0.441. The van der Waals surface area contributed by atoms with Crippen LogP contribution in [0.5, 0.6) is 0 Å². The van der Waals surface area contributed by atoms with Crippen molar-refractivity contribution in [3.63, 3.8) is 0 Å². The Kier molecular flexibility index (Phi) is 20.3. The normalized spacial score (nSPS) is 15.7. The van der Waals surface area contributed by atoms with Gasteiger partial charge in [-0.25, -0.2) is 4.79 Å². The third kappa shape index (κ3) is 12.5. The minimum atomic E-state index is -8.95. The molecular formula is C36H26F39NO4Si. The van der Waals surface area contributed by atoms with Gasteiger partial charge in [-0.15, -0.1) is 0 Å². The molecule has 1 amide bonds. The van der Waals surface area contributed by atoms with E-state index in [0.29, 0.717) is 0 Å². The van der Waals surface area contributed by atoms with Crippen LogP contribution in [0.4, 0.5) is 176 Å². The van der Waals surface area contributed by atoms with Gasteiger partial charge < -0.3 is 14.8 Å². The highest BCUT2D eigenvalue weighted by molar-refractivity contribution is 6.92. The van der Waals surface area contributed by atoms with E-state index < -0.39 is 189 Å². The Morgan fingerprint density at radius 3 is 0.852 bits per heavy atom. The largest absolute Gasteiger partial charge is 0.465 e. The van der Waals surface area contributed by atoms with Gasteiger partial charge in [0.15, 0.2) is 0 Å². The van der Waals surface area contributed by atoms with Gasteiger partial charge in [0, 0.05) is 19.3 Å². The first-order chi connectivity index (χ1) is 35.2. The second-order valence-corrected chi connectivity index (χ2v) is 21.3. The number of alkyl carbamates (subject to hydrolysis) is 1. The van der Waals surface area contributed by atoms with E-state index in [2.05, 4.69) is 9.47 Å². The van der Waals surface area contributed by atoms with Gasteiger partial charge in [0.2, 0.25) is 0 Å². The van der Waals surface area contributed by atoms with Gasteiger partial charge >= 0.3 is 119 Å². The summed E-state index contributed by atoms with van der Waals surface area (Å²) in [6, 6.07) is -10.9. The molecule has 0 spiro atoms. The van der Waals surface area contributed by atoms with Gasteiger partial charge in [-0.2, -0.15) is 171 Å². The van der Waals surface area contributed by atoms with Crippen LogP contribution in [0.25, 0.3) is 0 Å². The molecule has 0 unspecified atom stereocenters. The van der Waals surface area contributed by atoms with E-state index in [0.717, 1.165) is 0 Å². The number of hydrogen-bond donors (Lipinski definition) is 1. The lowest BCUT2D eigenvalue weighted by Gasteiger charge is -2.43. The fourth-order valence-electron chi connectivity index (χ4n) is 6.38. The highest BCUT2D eigenvalue weighted by Crippen LogP contribution is 2.65. The number of carbonyl (C=O) groups is 2. The van der Waals surface area contributed by atoms with Crippen LogP contribution in [0.1, 0.15) is 31.7 Å². The Morgan fingerprint density at radius 1 is 0.370 bits per heavy atom. The number of nitrogens with one attached hydrogen (secondary N) is 1. The Morgan fingerprint density at radius 2 is 0.617 bits per heavy atom. The first-order valence-corrected chi connectivity index (χ1v) is 22.8. The van der Waals surface area contributed by atoms with Crippen molar-refractivity contribution >= 4 is 25.3 Å². The number of rotatable bonds is 27. The molecule has 0 aromatic heterocycles. The SMILES string of the molecule is CCOC(=O)CNC(=O)OCc1ccc([Si](CCC(F)(F)C(F)(F)C(F)(F)C(F)(F)C(F)(F)C(F)(F)F)(CCC(F)(F)C(F)(F)C(F)(F)C(F)(F)C(F)(F)C(F)(F)F)CCC(F)(F)C(F)(F)C(F)(F)C(F)(F)C(F)(F)C(F)(F)F)cc1. The topological polar surface area (TPSA) is 64.6 Å². The first kappa shape index (κ1) is 74.5. The van der Waals surface area contributed by atoms with Crippen molar-refractivity contribution in [3.8, 4) is 0 Å². The van der Waals surface area contributed by atoms with Gasteiger partial charge in [-0.05, 0) is 30.6 Å². The Labute approximate surface area is 422 Å². The van der Waals surface area contributed by atoms with Crippen molar-refractivity contribution in [2.75, 3.05) is 13.2 Å². The number of ether oxygens (including phenoxy) is 2. The van der Waals surface area contributed by atoms with E-state index in [1.807, 2.05) is 0 Å². The molecule has 0 saturated carbocycles. The zero-order valence-electron chi connectivity index (χ0n) is 38.0. The molecule has 0 radical (unpaired) electrons. The lowest BCUT2D eigenvalue weighted by Crippen LogP contribution is -2.70. The lowest BCUT2D eigenvalue weighted by atomic mass is 9.93. The molecule has 5 nitrogen and oxygen atoms in total. The van der Waals surface area contributed by atoms with Gasteiger partial charge in [0.1, 0.15) is 13.2 Å². The first-order valence-electron chi connectivity index (χ1n) is 20.2. The van der Waals surface area contributed by atoms with Crippen molar-refractivity contribution in [3.05, 3.63) is 29.8 Å². The summed E-state index contributed by atoms with van der Waals surface area (Å²) in [7, 11) is -7.25. The van der Waals surface area contributed by atoms with Crippen LogP contribution < -0.4 is 10.5 Å². The molecule has 1 rings (SSSR count). The van der Waals surface area contributed by atoms with E-state index in [4.69, 9.17) is 0 Å². The lowest BCUT2D eigenvalue weighted by molar-refractivity contribution is -0.440. The fourth-order valence-corrected chi connectivity index (χ4v) is 11.3. The molecule has 45 heteroatoms. The van der Waals surface area contributed by atoms with Crippen molar-refractivity contribution in [2.24, 2.45) is 0 Å². The minimum Gasteiger partial charge on any atom is -0.465 e. The van der Waals surface area contributed by atoms with Crippen molar-refractivity contribution in [1.82, 2.24) is 5.32 Å². The second-order valence-electron chi connectivity index (χ2n) is 16.7. The summed E-state index contributed by atoms with van der Waals surface area (Å²) in [5.74, 6) is -130. The number of carbonyl (C=O) groups excluding carboxylic acids is 2. The standard InChI is InChI=1S/C36H26F39NO4Si/c1-2-79-17(77)13-76-18(78)80-14-15-3-5-16(6-4-15)81(10-7-19(37,38)22(43,44)25(49,50)28(55,56)31(61,62)34(67,68)69,11-8-20(39,40)23(45,46)26(51,52)29(57,58)32(63,64)35(70,71)72)12-9-21(41,42)24(47,48)27(53,54)30(59,60)33(65,66)36(73,74)75/h3-6H,2,7-14H2,1H3,(H,76,78). The number of esters is 1. The molecule has 476 valence electrons. The average Bonchev–Trinajstić information content (AvgIpc) is 3.28. The van der Waals surface area contributed by atoms with E-state index in [1.54, 1.807) is 5.32 Å².